The molecule has 0 aliphatic carbocycles. The number of carbonyl (C=O) groups excluding carboxylic acids is 1. The SMILES string of the molecule is CCCC(CCC)=NNC(=O)c1cc(OCC)c(OCC)c(OCC)c1. The average molecular weight is 364 g/mol. The van der Waals surface area contributed by atoms with Crippen molar-refractivity contribution < 1.29 is 19.0 Å². The van der Waals surface area contributed by atoms with E-state index < -0.39 is 0 Å². The van der Waals surface area contributed by atoms with Gasteiger partial charge in [0.05, 0.1) is 19.8 Å². The van der Waals surface area contributed by atoms with Gasteiger partial charge in [0.25, 0.3) is 5.91 Å². The first-order valence-corrected chi connectivity index (χ1v) is 9.53. The Bertz CT molecular complexity index is 564. The minimum Gasteiger partial charge on any atom is -0.490 e. The van der Waals surface area contributed by atoms with Gasteiger partial charge in [-0.2, -0.15) is 5.10 Å². The fourth-order valence-electron chi connectivity index (χ4n) is 2.53. The van der Waals surface area contributed by atoms with Crippen molar-refractivity contribution in [1.82, 2.24) is 5.43 Å². The van der Waals surface area contributed by atoms with E-state index in [-0.39, 0.29) is 5.91 Å². The molecule has 6 heteroatoms. The summed E-state index contributed by atoms with van der Waals surface area (Å²) >= 11 is 0. The van der Waals surface area contributed by atoms with Crippen LogP contribution in [0.15, 0.2) is 17.2 Å². The molecule has 0 aliphatic rings. The van der Waals surface area contributed by atoms with Gasteiger partial charge in [0.15, 0.2) is 11.5 Å². The summed E-state index contributed by atoms with van der Waals surface area (Å²) < 4.78 is 17.0. The fraction of sp³-hybridized carbons (Fsp3) is 0.600. The zero-order valence-corrected chi connectivity index (χ0v) is 16.7. The summed E-state index contributed by atoms with van der Waals surface area (Å²) in [6.07, 6.45) is 3.76. The van der Waals surface area contributed by atoms with Crippen molar-refractivity contribution in [1.29, 1.82) is 0 Å². The maximum atomic E-state index is 12.6. The molecule has 0 bridgehead atoms. The molecule has 0 aromatic heterocycles. The van der Waals surface area contributed by atoms with E-state index in [0.29, 0.717) is 42.6 Å². The predicted octanol–water partition coefficient (Wildman–Crippen LogP) is 4.57. The van der Waals surface area contributed by atoms with Gasteiger partial charge in [-0.3, -0.25) is 4.79 Å². The second-order valence-corrected chi connectivity index (χ2v) is 5.72. The molecule has 0 fully saturated rings. The number of nitrogens with zero attached hydrogens (tertiary/aromatic N) is 1. The Labute approximate surface area is 156 Å². The molecule has 0 heterocycles. The molecule has 0 saturated carbocycles. The van der Waals surface area contributed by atoms with E-state index in [0.717, 1.165) is 31.4 Å². The molecule has 0 saturated heterocycles. The number of hydrogen-bond donors (Lipinski definition) is 1. The molecule has 0 unspecified atom stereocenters. The monoisotopic (exact) mass is 364 g/mol. The molecule has 0 atom stereocenters. The normalized spacial score (nSPS) is 10.2. The second-order valence-electron chi connectivity index (χ2n) is 5.72. The number of amides is 1. The van der Waals surface area contributed by atoms with Crippen molar-refractivity contribution in [2.45, 2.75) is 60.3 Å². The summed E-state index contributed by atoms with van der Waals surface area (Å²) in [5.41, 5.74) is 4.09. The standard InChI is InChI=1S/C20H32N2O4/c1-6-11-16(12-7-2)21-22-20(23)15-13-17(24-8-3)19(26-10-5)18(14-15)25-9-4/h13-14H,6-12H2,1-5H3,(H,22,23). The van der Waals surface area contributed by atoms with Gasteiger partial charge in [0.2, 0.25) is 5.75 Å². The molecule has 1 aromatic carbocycles. The largest absolute Gasteiger partial charge is 0.490 e. The Morgan fingerprint density at radius 3 is 1.81 bits per heavy atom. The number of carbonyl (C=O) groups is 1. The van der Waals surface area contributed by atoms with Crippen molar-refractivity contribution in [3.05, 3.63) is 17.7 Å². The zero-order chi connectivity index (χ0) is 19.4. The van der Waals surface area contributed by atoms with Crippen LogP contribution < -0.4 is 19.6 Å². The molecular weight excluding hydrogens is 332 g/mol. The van der Waals surface area contributed by atoms with Gasteiger partial charge in [0.1, 0.15) is 0 Å². The maximum absolute atomic E-state index is 12.6. The van der Waals surface area contributed by atoms with Crippen molar-refractivity contribution in [2.24, 2.45) is 5.10 Å². The first-order chi connectivity index (χ1) is 12.6. The van der Waals surface area contributed by atoms with E-state index in [4.69, 9.17) is 14.2 Å². The van der Waals surface area contributed by atoms with E-state index >= 15 is 0 Å². The summed E-state index contributed by atoms with van der Waals surface area (Å²) in [5.74, 6) is 1.22. The van der Waals surface area contributed by atoms with Crippen LogP contribution in [0.3, 0.4) is 0 Å². The van der Waals surface area contributed by atoms with Crippen molar-refractivity contribution in [3.63, 3.8) is 0 Å². The van der Waals surface area contributed by atoms with Crippen LogP contribution in [0, 0.1) is 0 Å². The lowest BCUT2D eigenvalue weighted by Gasteiger charge is -2.16. The van der Waals surface area contributed by atoms with Gasteiger partial charge in [-0.1, -0.05) is 26.7 Å². The highest BCUT2D eigenvalue weighted by Crippen LogP contribution is 2.39. The van der Waals surface area contributed by atoms with Gasteiger partial charge in [-0.15, -0.1) is 0 Å². The number of benzene rings is 1. The summed E-state index contributed by atoms with van der Waals surface area (Å²) in [6, 6.07) is 3.34. The van der Waals surface area contributed by atoms with E-state index in [2.05, 4.69) is 24.4 Å². The summed E-state index contributed by atoms with van der Waals surface area (Å²) in [7, 11) is 0. The van der Waals surface area contributed by atoms with E-state index in [9.17, 15) is 4.79 Å². The highest BCUT2D eigenvalue weighted by Gasteiger charge is 2.18. The Morgan fingerprint density at radius 2 is 1.38 bits per heavy atom. The summed E-state index contributed by atoms with van der Waals surface area (Å²) in [4.78, 5) is 12.6. The van der Waals surface area contributed by atoms with Gasteiger partial charge in [-0.05, 0) is 45.7 Å². The highest BCUT2D eigenvalue weighted by molar-refractivity contribution is 5.96. The fourth-order valence-corrected chi connectivity index (χ4v) is 2.53. The van der Waals surface area contributed by atoms with Crippen LogP contribution in [0.5, 0.6) is 17.2 Å². The maximum Gasteiger partial charge on any atom is 0.271 e. The predicted molar refractivity (Wildman–Crippen MR) is 105 cm³/mol. The molecule has 0 radical (unpaired) electrons. The topological polar surface area (TPSA) is 69.2 Å². The third-order valence-corrected chi connectivity index (χ3v) is 3.56. The molecule has 1 aromatic rings. The quantitative estimate of drug-likeness (QED) is 0.436. The first kappa shape index (κ1) is 21.8. The lowest BCUT2D eigenvalue weighted by Crippen LogP contribution is -2.20. The number of nitrogens with one attached hydrogen (secondary N) is 1. The Hall–Kier alpha value is -2.24. The molecule has 1 amide bonds. The molecule has 0 spiro atoms. The molecule has 6 nitrogen and oxygen atoms in total. The van der Waals surface area contributed by atoms with Gasteiger partial charge in [0, 0.05) is 11.3 Å². The van der Waals surface area contributed by atoms with Crippen molar-refractivity contribution in [2.75, 3.05) is 19.8 Å². The van der Waals surface area contributed by atoms with Gasteiger partial charge in [-0.25, -0.2) is 5.43 Å². The van der Waals surface area contributed by atoms with Gasteiger partial charge < -0.3 is 14.2 Å². The summed E-state index contributed by atoms with van der Waals surface area (Å²) in [5, 5.41) is 4.29. The lowest BCUT2D eigenvalue weighted by molar-refractivity contribution is 0.0953. The third-order valence-electron chi connectivity index (χ3n) is 3.56. The Morgan fingerprint density at radius 1 is 0.885 bits per heavy atom. The molecule has 0 aliphatic heterocycles. The highest BCUT2D eigenvalue weighted by atomic mass is 16.5. The van der Waals surface area contributed by atoms with Crippen LogP contribution in [0.2, 0.25) is 0 Å². The zero-order valence-electron chi connectivity index (χ0n) is 16.7. The minimum absolute atomic E-state index is 0.292. The lowest BCUT2D eigenvalue weighted by atomic mass is 10.1. The third kappa shape index (κ3) is 6.58. The van der Waals surface area contributed by atoms with Gasteiger partial charge >= 0.3 is 0 Å². The molecule has 1 N–H and O–H groups in total. The smallest absolute Gasteiger partial charge is 0.271 e. The van der Waals surface area contributed by atoms with Crippen LogP contribution in [0.1, 0.15) is 70.7 Å². The molecule has 146 valence electrons. The van der Waals surface area contributed by atoms with Crippen LogP contribution in [-0.4, -0.2) is 31.4 Å². The van der Waals surface area contributed by atoms with Crippen molar-refractivity contribution in [3.8, 4) is 17.2 Å². The molecular formula is C20H32N2O4. The van der Waals surface area contributed by atoms with Crippen LogP contribution in [0.4, 0.5) is 0 Å². The van der Waals surface area contributed by atoms with E-state index in [1.54, 1.807) is 12.1 Å². The first-order valence-electron chi connectivity index (χ1n) is 9.53. The van der Waals surface area contributed by atoms with E-state index in [1.807, 2.05) is 20.8 Å². The van der Waals surface area contributed by atoms with Crippen LogP contribution >= 0.6 is 0 Å². The Balaban J connectivity index is 3.13. The number of hydrogen-bond acceptors (Lipinski definition) is 5. The average Bonchev–Trinajstić information content (AvgIpc) is 2.62. The summed E-state index contributed by atoms with van der Waals surface area (Å²) in [6.45, 7) is 11.3. The Kier molecular flexibility index (Phi) is 10.2. The van der Waals surface area contributed by atoms with Crippen LogP contribution in [0.25, 0.3) is 0 Å². The second kappa shape index (κ2) is 12.2. The van der Waals surface area contributed by atoms with Crippen LogP contribution in [-0.2, 0) is 0 Å². The van der Waals surface area contributed by atoms with Crippen molar-refractivity contribution >= 4 is 11.6 Å². The number of ether oxygens (including phenoxy) is 3. The number of hydrazone groups is 1. The number of rotatable bonds is 12. The van der Waals surface area contributed by atoms with E-state index in [1.165, 1.54) is 0 Å². The minimum atomic E-state index is -0.292. The molecule has 1 rings (SSSR count). The molecule has 26 heavy (non-hydrogen) atoms.